The molecule has 0 aliphatic carbocycles. The van der Waals surface area contributed by atoms with E-state index in [2.05, 4.69) is 15.9 Å². The van der Waals surface area contributed by atoms with Crippen LogP contribution in [0.3, 0.4) is 0 Å². The van der Waals surface area contributed by atoms with Crippen molar-refractivity contribution in [2.45, 2.75) is 0 Å². The van der Waals surface area contributed by atoms with Crippen LogP contribution in [0.25, 0.3) is 0 Å². The van der Waals surface area contributed by atoms with Crippen molar-refractivity contribution in [1.82, 2.24) is 0 Å². The van der Waals surface area contributed by atoms with E-state index in [4.69, 9.17) is 0 Å². The van der Waals surface area contributed by atoms with Gasteiger partial charge in [-0.3, -0.25) is 4.79 Å². The molecule has 0 N–H and O–H groups in total. The maximum atomic E-state index is 12.4. The van der Waals surface area contributed by atoms with Gasteiger partial charge in [-0.15, -0.1) is 11.3 Å². The van der Waals surface area contributed by atoms with Gasteiger partial charge in [0.1, 0.15) is 5.82 Å². The summed E-state index contributed by atoms with van der Waals surface area (Å²) in [5.41, 5.74) is 0.111. The fourth-order valence-electron chi connectivity index (χ4n) is 0.427. The highest BCUT2D eigenvalue weighted by Gasteiger charge is 2.06. The molecular weight excluding hydrogens is 207 g/mol. The molecule has 0 bridgehead atoms. The third kappa shape index (κ3) is 1.19. The summed E-state index contributed by atoms with van der Waals surface area (Å²) in [5, 5.41) is 1.29. The van der Waals surface area contributed by atoms with Gasteiger partial charge in [0.2, 0.25) is 0 Å². The molecule has 0 radical (unpaired) electrons. The summed E-state index contributed by atoms with van der Waals surface area (Å²) < 4.78 is 12.9. The van der Waals surface area contributed by atoms with E-state index >= 15 is 0 Å². The SMILES string of the molecule is O=Cc1c(F)csc1Br. The lowest BCUT2D eigenvalue weighted by molar-refractivity contribution is 0.112. The number of carbonyl (C=O) groups excluding carboxylic acids is 1. The van der Waals surface area contributed by atoms with E-state index in [0.29, 0.717) is 10.1 Å². The van der Waals surface area contributed by atoms with Crippen LogP contribution in [0.1, 0.15) is 10.4 Å². The van der Waals surface area contributed by atoms with E-state index < -0.39 is 5.82 Å². The highest BCUT2D eigenvalue weighted by atomic mass is 79.9. The van der Waals surface area contributed by atoms with Crippen LogP contribution in [0.2, 0.25) is 0 Å². The number of hydrogen-bond acceptors (Lipinski definition) is 2. The summed E-state index contributed by atoms with van der Waals surface area (Å²) in [6.45, 7) is 0. The number of halogens is 2. The van der Waals surface area contributed by atoms with E-state index in [0.717, 1.165) is 0 Å². The number of carbonyl (C=O) groups is 1. The molecule has 9 heavy (non-hydrogen) atoms. The highest BCUT2D eigenvalue weighted by molar-refractivity contribution is 9.11. The lowest BCUT2D eigenvalue weighted by atomic mass is 10.4. The zero-order valence-corrected chi connectivity index (χ0v) is 6.63. The maximum Gasteiger partial charge on any atom is 0.155 e. The summed E-state index contributed by atoms with van der Waals surface area (Å²) in [5.74, 6) is -0.457. The van der Waals surface area contributed by atoms with Crippen LogP contribution < -0.4 is 0 Å². The van der Waals surface area contributed by atoms with Crippen LogP contribution in [0, 0.1) is 5.82 Å². The van der Waals surface area contributed by atoms with Gasteiger partial charge in [0.15, 0.2) is 6.29 Å². The lowest BCUT2D eigenvalue weighted by Crippen LogP contribution is -1.78. The smallest absolute Gasteiger partial charge is 0.155 e. The molecule has 1 rings (SSSR count). The Kier molecular flexibility index (Phi) is 1.97. The molecule has 0 unspecified atom stereocenters. The molecule has 0 aliphatic rings. The monoisotopic (exact) mass is 208 g/mol. The first kappa shape index (κ1) is 6.89. The molecule has 1 aromatic rings. The van der Waals surface area contributed by atoms with Gasteiger partial charge in [0.25, 0.3) is 0 Å². The van der Waals surface area contributed by atoms with E-state index in [1.54, 1.807) is 0 Å². The molecule has 0 spiro atoms. The Balaban J connectivity index is 3.22. The van der Waals surface area contributed by atoms with Crippen LogP contribution in [-0.4, -0.2) is 6.29 Å². The molecule has 0 saturated carbocycles. The van der Waals surface area contributed by atoms with E-state index in [-0.39, 0.29) is 5.56 Å². The Hall–Kier alpha value is -0.220. The first-order chi connectivity index (χ1) is 4.25. The Morgan fingerprint density at radius 3 is 2.67 bits per heavy atom. The van der Waals surface area contributed by atoms with E-state index in [9.17, 15) is 9.18 Å². The summed E-state index contributed by atoms with van der Waals surface area (Å²) >= 11 is 4.19. The first-order valence-corrected chi connectivity index (χ1v) is 3.80. The largest absolute Gasteiger partial charge is 0.298 e. The summed E-state index contributed by atoms with van der Waals surface area (Å²) in [6.07, 6.45) is 0.496. The minimum atomic E-state index is -0.457. The summed E-state index contributed by atoms with van der Waals surface area (Å²) in [4.78, 5) is 10.0. The number of thiophene rings is 1. The molecule has 0 aromatic carbocycles. The second kappa shape index (κ2) is 2.58. The zero-order chi connectivity index (χ0) is 6.85. The molecule has 0 saturated heterocycles. The molecule has 0 atom stereocenters. The van der Waals surface area contributed by atoms with Crippen molar-refractivity contribution >= 4 is 33.6 Å². The summed E-state index contributed by atoms with van der Waals surface area (Å²) in [7, 11) is 0. The minimum Gasteiger partial charge on any atom is -0.298 e. The molecular formula is C5H2BrFOS. The van der Waals surface area contributed by atoms with Crippen LogP contribution in [0.5, 0.6) is 0 Å². The Morgan fingerprint density at radius 1 is 1.78 bits per heavy atom. The number of aldehydes is 1. The standard InChI is InChI=1S/C5H2BrFOS/c6-5-3(1-8)4(7)2-9-5/h1-2H. The Labute approximate surface area is 63.6 Å². The predicted octanol–water partition coefficient (Wildman–Crippen LogP) is 2.46. The third-order valence-electron chi connectivity index (χ3n) is 0.853. The molecule has 1 nitrogen and oxygen atoms in total. The van der Waals surface area contributed by atoms with Crippen molar-refractivity contribution in [2.75, 3.05) is 0 Å². The van der Waals surface area contributed by atoms with Crippen LogP contribution in [0.4, 0.5) is 4.39 Å². The fourth-order valence-corrected chi connectivity index (χ4v) is 1.60. The molecule has 4 heteroatoms. The van der Waals surface area contributed by atoms with Gasteiger partial charge in [0, 0.05) is 5.38 Å². The van der Waals surface area contributed by atoms with E-state index in [1.807, 2.05) is 0 Å². The summed E-state index contributed by atoms with van der Waals surface area (Å²) in [6, 6.07) is 0. The van der Waals surface area contributed by atoms with Crippen LogP contribution in [0.15, 0.2) is 9.17 Å². The molecule has 48 valence electrons. The van der Waals surface area contributed by atoms with Crippen LogP contribution in [-0.2, 0) is 0 Å². The van der Waals surface area contributed by atoms with Crippen molar-refractivity contribution in [3.05, 3.63) is 20.5 Å². The van der Waals surface area contributed by atoms with Gasteiger partial charge in [-0.05, 0) is 15.9 Å². The van der Waals surface area contributed by atoms with Gasteiger partial charge in [-0.25, -0.2) is 4.39 Å². The highest BCUT2D eigenvalue weighted by Crippen LogP contribution is 2.24. The number of rotatable bonds is 1. The normalized spacial score (nSPS) is 9.56. The maximum absolute atomic E-state index is 12.4. The molecule has 0 amide bonds. The predicted molar refractivity (Wildman–Crippen MR) is 37.4 cm³/mol. The molecule has 0 fully saturated rings. The van der Waals surface area contributed by atoms with Crippen LogP contribution >= 0.6 is 27.3 Å². The quantitative estimate of drug-likeness (QED) is 0.649. The fraction of sp³-hybridized carbons (Fsp3) is 0. The second-order valence-corrected chi connectivity index (χ2v) is 3.59. The lowest BCUT2D eigenvalue weighted by Gasteiger charge is -1.80. The third-order valence-corrected chi connectivity index (χ3v) is 2.59. The zero-order valence-electron chi connectivity index (χ0n) is 4.23. The second-order valence-electron chi connectivity index (χ2n) is 1.39. The van der Waals surface area contributed by atoms with Gasteiger partial charge in [-0.1, -0.05) is 0 Å². The topological polar surface area (TPSA) is 17.1 Å². The van der Waals surface area contributed by atoms with Gasteiger partial charge in [0.05, 0.1) is 9.35 Å². The molecule has 1 heterocycles. The van der Waals surface area contributed by atoms with E-state index in [1.165, 1.54) is 16.7 Å². The van der Waals surface area contributed by atoms with Crippen molar-refractivity contribution in [3.63, 3.8) is 0 Å². The Bertz CT molecular complexity index is 213. The average molecular weight is 209 g/mol. The van der Waals surface area contributed by atoms with Gasteiger partial charge in [-0.2, -0.15) is 0 Å². The van der Waals surface area contributed by atoms with Crippen molar-refractivity contribution in [3.8, 4) is 0 Å². The first-order valence-electron chi connectivity index (χ1n) is 2.13. The molecule has 0 aliphatic heterocycles. The van der Waals surface area contributed by atoms with Gasteiger partial charge < -0.3 is 0 Å². The average Bonchev–Trinajstić information content (AvgIpc) is 2.12. The van der Waals surface area contributed by atoms with Gasteiger partial charge >= 0.3 is 0 Å². The van der Waals surface area contributed by atoms with Crippen molar-refractivity contribution in [1.29, 1.82) is 0 Å². The van der Waals surface area contributed by atoms with Crippen molar-refractivity contribution < 1.29 is 9.18 Å². The minimum absolute atomic E-state index is 0.111. The van der Waals surface area contributed by atoms with Crippen molar-refractivity contribution in [2.24, 2.45) is 0 Å². The Morgan fingerprint density at radius 2 is 2.44 bits per heavy atom. The number of hydrogen-bond donors (Lipinski definition) is 0. The molecule has 1 aromatic heterocycles.